The number of carbonyl (C=O) groups is 1. The van der Waals surface area contributed by atoms with Crippen molar-refractivity contribution in [3.05, 3.63) is 57.8 Å². The quantitative estimate of drug-likeness (QED) is 0.805. The number of benzene rings is 1. The third kappa shape index (κ3) is 3.47. The van der Waals surface area contributed by atoms with E-state index in [-0.39, 0.29) is 12.2 Å². The van der Waals surface area contributed by atoms with E-state index in [2.05, 4.69) is 0 Å². The molecule has 0 bridgehead atoms. The van der Waals surface area contributed by atoms with Crippen LogP contribution in [-0.2, 0) is 17.6 Å². The second kappa shape index (κ2) is 5.87. The second-order valence-corrected chi connectivity index (χ2v) is 5.08. The van der Waals surface area contributed by atoms with E-state index in [1.165, 1.54) is 6.07 Å². The zero-order chi connectivity index (χ0) is 13.0. The molecule has 0 saturated carbocycles. The van der Waals surface area contributed by atoms with Gasteiger partial charge in [0.15, 0.2) is 11.6 Å². The van der Waals surface area contributed by atoms with Gasteiger partial charge in [-0.05, 0) is 35.6 Å². The topological polar surface area (TPSA) is 17.1 Å². The molecule has 2 aromatic rings. The molecule has 0 radical (unpaired) electrons. The van der Waals surface area contributed by atoms with Crippen LogP contribution in [0.4, 0.5) is 8.78 Å². The number of hydrogen-bond acceptors (Lipinski definition) is 2. The Morgan fingerprint density at radius 2 is 2.00 bits per heavy atom. The molecule has 2 rings (SSSR count). The van der Waals surface area contributed by atoms with Gasteiger partial charge in [-0.25, -0.2) is 8.78 Å². The minimum atomic E-state index is -0.904. The van der Waals surface area contributed by atoms with Crippen molar-refractivity contribution in [1.82, 2.24) is 0 Å². The minimum Gasteiger partial charge on any atom is -0.299 e. The molecule has 18 heavy (non-hydrogen) atoms. The van der Waals surface area contributed by atoms with Gasteiger partial charge in [-0.1, -0.05) is 12.1 Å². The van der Waals surface area contributed by atoms with Crippen molar-refractivity contribution >= 4 is 17.1 Å². The van der Waals surface area contributed by atoms with Gasteiger partial charge in [-0.2, -0.15) is 0 Å². The third-order valence-electron chi connectivity index (χ3n) is 2.62. The third-order valence-corrected chi connectivity index (χ3v) is 3.55. The maximum atomic E-state index is 13.0. The van der Waals surface area contributed by atoms with E-state index in [9.17, 15) is 13.6 Å². The number of ketones is 1. The fourth-order valence-electron chi connectivity index (χ4n) is 1.68. The number of aryl methyl sites for hydroxylation is 1. The predicted octanol–water partition coefficient (Wildman–Crippen LogP) is 3.77. The van der Waals surface area contributed by atoms with Crippen LogP contribution in [0.2, 0.25) is 0 Å². The van der Waals surface area contributed by atoms with Crippen molar-refractivity contribution in [2.45, 2.75) is 19.3 Å². The van der Waals surface area contributed by atoms with Crippen LogP contribution in [0.25, 0.3) is 0 Å². The van der Waals surface area contributed by atoms with Gasteiger partial charge in [-0.15, -0.1) is 11.3 Å². The summed E-state index contributed by atoms with van der Waals surface area (Å²) in [6, 6.07) is 7.51. The Bertz CT molecular complexity index is 535. The van der Waals surface area contributed by atoms with Gasteiger partial charge in [0.1, 0.15) is 5.78 Å². The molecular weight excluding hydrogens is 254 g/mol. The van der Waals surface area contributed by atoms with Crippen molar-refractivity contribution in [3.8, 4) is 0 Å². The van der Waals surface area contributed by atoms with Crippen molar-refractivity contribution in [2.75, 3.05) is 0 Å². The highest BCUT2D eigenvalue weighted by Gasteiger charge is 2.08. The molecule has 1 aromatic heterocycles. The summed E-state index contributed by atoms with van der Waals surface area (Å²) >= 11 is 1.61. The Hall–Kier alpha value is -1.55. The summed E-state index contributed by atoms with van der Waals surface area (Å²) in [6.07, 6.45) is 1.29. The summed E-state index contributed by atoms with van der Waals surface area (Å²) in [4.78, 5) is 12.9. The Labute approximate surface area is 108 Å². The van der Waals surface area contributed by atoms with E-state index in [4.69, 9.17) is 0 Å². The molecule has 0 atom stereocenters. The first kappa shape index (κ1) is 12.9. The molecule has 0 saturated heterocycles. The van der Waals surface area contributed by atoms with Crippen molar-refractivity contribution < 1.29 is 13.6 Å². The van der Waals surface area contributed by atoms with Crippen LogP contribution in [-0.4, -0.2) is 5.78 Å². The molecule has 0 N–H and O–H groups in total. The average molecular weight is 266 g/mol. The lowest BCUT2D eigenvalue weighted by Crippen LogP contribution is -2.04. The molecule has 1 nitrogen and oxygen atoms in total. The van der Waals surface area contributed by atoms with E-state index in [0.29, 0.717) is 18.4 Å². The standard InChI is InChI=1S/C14H12F2OS/c15-13-6-3-10(9-14(13)16)8-11(17)4-5-12-2-1-7-18-12/h1-3,6-7,9H,4-5,8H2. The minimum absolute atomic E-state index is 0.0365. The van der Waals surface area contributed by atoms with Crippen LogP contribution in [0.15, 0.2) is 35.7 Å². The monoisotopic (exact) mass is 266 g/mol. The molecule has 1 aromatic carbocycles. The Balaban J connectivity index is 1.88. The zero-order valence-corrected chi connectivity index (χ0v) is 10.5. The van der Waals surface area contributed by atoms with Gasteiger partial charge in [0, 0.05) is 17.7 Å². The van der Waals surface area contributed by atoms with Crippen LogP contribution in [0.3, 0.4) is 0 Å². The van der Waals surface area contributed by atoms with Gasteiger partial charge < -0.3 is 0 Å². The predicted molar refractivity (Wildman–Crippen MR) is 67.7 cm³/mol. The van der Waals surface area contributed by atoms with Crippen LogP contribution >= 0.6 is 11.3 Å². The highest BCUT2D eigenvalue weighted by molar-refractivity contribution is 7.09. The molecule has 4 heteroatoms. The highest BCUT2D eigenvalue weighted by Crippen LogP contribution is 2.13. The van der Waals surface area contributed by atoms with Crippen molar-refractivity contribution in [2.24, 2.45) is 0 Å². The van der Waals surface area contributed by atoms with Crippen LogP contribution in [0.5, 0.6) is 0 Å². The first-order chi connectivity index (χ1) is 8.65. The zero-order valence-electron chi connectivity index (χ0n) is 9.66. The number of hydrogen-bond donors (Lipinski definition) is 0. The van der Waals surface area contributed by atoms with Gasteiger partial charge in [0.05, 0.1) is 0 Å². The summed E-state index contributed by atoms with van der Waals surface area (Å²) in [5.74, 6) is -1.75. The van der Waals surface area contributed by atoms with Gasteiger partial charge in [-0.3, -0.25) is 4.79 Å². The molecule has 94 valence electrons. The van der Waals surface area contributed by atoms with E-state index in [0.717, 1.165) is 17.0 Å². The summed E-state index contributed by atoms with van der Waals surface area (Å²) in [7, 11) is 0. The lowest BCUT2D eigenvalue weighted by Gasteiger charge is -2.01. The summed E-state index contributed by atoms with van der Waals surface area (Å²) in [5, 5.41) is 1.97. The van der Waals surface area contributed by atoms with E-state index in [1.54, 1.807) is 11.3 Å². The molecule has 0 spiro atoms. The van der Waals surface area contributed by atoms with E-state index in [1.807, 2.05) is 17.5 Å². The molecule has 1 heterocycles. The van der Waals surface area contributed by atoms with Crippen LogP contribution in [0, 0.1) is 11.6 Å². The molecule has 0 fully saturated rings. The lowest BCUT2D eigenvalue weighted by molar-refractivity contribution is -0.118. The maximum absolute atomic E-state index is 13.0. The number of thiophene rings is 1. The normalized spacial score (nSPS) is 10.6. The molecule has 0 aliphatic heterocycles. The van der Waals surface area contributed by atoms with Gasteiger partial charge in [0.2, 0.25) is 0 Å². The van der Waals surface area contributed by atoms with Crippen molar-refractivity contribution in [1.29, 1.82) is 0 Å². The van der Waals surface area contributed by atoms with Crippen molar-refractivity contribution in [3.63, 3.8) is 0 Å². The number of carbonyl (C=O) groups excluding carboxylic acids is 1. The molecular formula is C14H12F2OS. The average Bonchev–Trinajstić information content (AvgIpc) is 2.84. The Kier molecular flexibility index (Phi) is 4.20. The molecule has 0 unspecified atom stereocenters. The van der Waals surface area contributed by atoms with E-state index < -0.39 is 11.6 Å². The van der Waals surface area contributed by atoms with Gasteiger partial charge >= 0.3 is 0 Å². The first-order valence-corrected chi connectivity index (χ1v) is 6.51. The molecule has 0 aliphatic rings. The van der Waals surface area contributed by atoms with E-state index >= 15 is 0 Å². The Morgan fingerprint density at radius 1 is 1.17 bits per heavy atom. The van der Waals surface area contributed by atoms with Crippen LogP contribution in [0.1, 0.15) is 16.9 Å². The van der Waals surface area contributed by atoms with Gasteiger partial charge in [0.25, 0.3) is 0 Å². The number of halogens is 2. The fraction of sp³-hybridized carbons (Fsp3) is 0.214. The highest BCUT2D eigenvalue weighted by atomic mass is 32.1. The van der Waals surface area contributed by atoms with Crippen LogP contribution < -0.4 is 0 Å². The molecule has 0 amide bonds. The maximum Gasteiger partial charge on any atom is 0.159 e. The number of Topliss-reactive ketones (excluding diaryl/α,β-unsaturated/α-hetero) is 1. The molecule has 0 aliphatic carbocycles. The first-order valence-electron chi connectivity index (χ1n) is 5.63. The smallest absolute Gasteiger partial charge is 0.159 e. The summed E-state index contributed by atoms with van der Waals surface area (Å²) < 4.78 is 25.7. The summed E-state index contributed by atoms with van der Waals surface area (Å²) in [5.41, 5.74) is 0.519. The number of rotatable bonds is 5. The summed E-state index contributed by atoms with van der Waals surface area (Å²) in [6.45, 7) is 0. The fourth-order valence-corrected chi connectivity index (χ4v) is 2.39. The largest absolute Gasteiger partial charge is 0.299 e. The lowest BCUT2D eigenvalue weighted by atomic mass is 10.1. The Morgan fingerprint density at radius 3 is 2.67 bits per heavy atom. The SMILES string of the molecule is O=C(CCc1cccs1)Cc1ccc(F)c(F)c1. The second-order valence-electron chi connectivity index (χ2n) is 4.04.